The fourth-order valence-electron chi connectivity index (χ4n) is 3.36. The highest BCUT2D eigenvalue weighted by molar-refractivity contribution is 5.84. The van der Waals surface area contributed by atoms with E-state index in [1.807, 2.05) is 30.3 Å². The molecule has 0 saturated heterocycles. The molecular weight excluding hydrogens is 304 g/mol. The maximum Gasteiger partial charge on any atom is 0.314 e. The summed E-state index contributed by atoms with van der Waals surface area (Å²) in [5.41, 5.74) is 3.40. The lowest BCUT2D eigenvalue weighted by atomic mass is 10.1. The van der Waals surface area contributed by atoms with Gasteiger partial charge in [-0.15, -0.1) is 0 Å². The molecule has 3 aromatic rings. The zero-order valence-electron chi connectivity index (χ0n) is 12.7. The zero-order chi connectivity index (χ0) is 16.3. The number of esters is 1. The summed E-state index contributed by atoms with van der Waals surface area (Å²) in [5, 5.41) is 2.20. The molecule has 5 rings (SSSR count). The SMILES string of the molecule is O=C1CC=c2cc3n(c(=O)c2=CO1)Cc1cc2ccccc2nc1-3. The number of pyridine rings is 2. The maximum absolute atomic E-state index is 12.8. The van der Waals surface area contributed by atoms with Crippen LogP contribution in [0.3, 0.4) is 0 Å². The molecule has 2 aliphatic heterocycles. The van der Waals surface area contributed by atoms with Gasteiger partial charge in [-0.2, -0.15) is 0 Å². The molecule has 116 valence electrons. The van der Waals surface area contributed by atoms with E-state index < -0.39 is 0 Å². The molecule has 0 saturated carbocycles. The van der Waals surface area contributed by atoms with Gasteiger partial charge in [-0.3, -0.25) is 9.59 Å². The number of rotatable bonds is 0. The van der Waals surface area contributed by atoms with E-state index in [9.17, 15) is 9.59 Å². The quantitative estimate of drug-likeness (QED) is 0.452. The van der Waals surface area contributed by atoms with Crippen LogP contribution in [0.4, 0.5) is 0 Å². The summed E-state index contributed by atoms with van der Waals surface area (Å²) < 4.78 is 6.68. The number of carbonyl (C=O) groups is 1. The normalized spacial score (nSPS) is 14.8. The molecule has 24 heavy (non-hydrogen) atoms. The molecule has 0 spiro atoms. The number of hydrogen-bond donors (Lipinski definition) is 0. The van der Waals surface area contributed by atoms with Gasteiger partial charge < -0.3 is 9.30 Å². The van der Waals surface area contributed by atoms with Gasteiger partial charge in [-0.1, -0.05) is 24.3 Å². The second kappa shape index (κ2) is 4.64. The van der Waals surface area contributed by atoms with E-state index in [0.29, 0.717) is 11.8 Å². The highest BCUT2D eigenvalue weighted by Gasteiger charge is 2.22. The number of benzene rings is 1. The topological polar surface area (TPSA) is 61.2 Å². The Kier molecular flexibility index (Phi) is 2.56. The third kappa shape index (κ3) is 1.78. The van der Waals surface area contributed by atoms with E-state index in [4.69, 9.17) is 9.72 Å². The minimum Gasteiger partial charge on any atom is -0.433 e. The molecule has 2 aromatic heterocycles. The number of hydrogen-bond acceptors (Lipinski definition) is 4. The average Bonchev–Trinajstić information content (AvgIpc) is 2.83. The van der Waals surface area contributed by atoms with E-state index in [0.717, 1.165) is 33.1 Å². The monoisotopic (exact) mass is 316 g/mol. The fraction of sp³-hybridized carbons (Fsp3) is 0.105. The van der Waals surface area contributed by atoms with Crippen LogP contribution in [0.15, 0.2) is 41.2 Å². The van der Waals surface area contributed by atoms with Gasteiger partial charge in [0.05, 0.1) is 35.1 Å². The van der Waals surface area contributed by atoms with E-state index in [2.05, 4.69) is 6.07 Å². The Labute approximate surface area is 136 Å². The Morgan fingerprint density at radius 3 is 2.92 bits per heavy atom. The maximum atomic E-state index is 12.8. The predicted molar refractivity (Wildman–Crippen MR) is 89.4 cm³/mol. The molecular formula is C19H12N2O3. The number of aromatic nitrogens is 2. The van der Waals surface area contributed by atoms with Crippen molar-refractivity contribution in [2.45, 2.75) is 13.0 Å². The van der Waals surface area contributed by atoms with Crippen LogP contribution in [0.25, 0.3) is 34.6 Å². The molecule has 0 bridgehead atoms. The van der Waals surface area contributed by atoms with Crippen molar-refractivity contribution in [2.24, 2.45) is 0 Å². The van der Waals surface area contributed by atoms with Gasteiger partial charge in [-0.05, 0) is 23.4 Å². The summed E-state index contributed by atoms with van der Waals surface area (Å²) in [4.78, 5) is 29.0. The Hall–Kier alpha value is -3.21. The first kappa shape index (κ1) is 13.2. The van der Waals surface area contributed by atoms with Gasteiger partial charge in [0.2, 0.25) is 0 Å². The Balaban J connectivity index is 1.85. The third-order valence-corrected chi connectivity index (χ3v) is 4.54. The molecule has 2 aliphatic rings. The molecule has 5 nitrogen and oxygen atoms in total. The van der Waals surface area contributed by atoms with Crippen molar-refractivity contribution in [3.63, 3.8) is 0 Å². The smallest absolute Gasteiger partial charge is 0.314 e. The van der Waals surface area contributed by atoms with E-state index >= 15 is 0 Å². The Bertz CT molecular complexity index is 1220. The van der Waals surface area contributed by atoms with Crippen molar-refractivity contribution in [2.75, 3.05) is 0 Å². The summed E-state index contributed by atoms with van der Waals surface area (Å²) >= 11 is 0. The number of nitrogens with zero attached hydrogens (tertiary/aromatic N) is 2. The summed E-state index contributed by atoms with van der Waals surface area (Å²) in [5.74, 6) is -0.361. The first-order valence-electron chi connectivity index (χ1n) is 7.73. The van der Waals surface area contributed by atoms with Gasteiger partial charge in [-0.25, -0.2) is 4.98 Å². The van der Waals surface area contributed by atoms with Crippen LogP contribution in [-0.2, 0) is 16.1 Å². The van der Waals surface area contributed by atoms with Crippen molar-refractivity contribution in [1.82, 2.24) is 9.55 Å². The van der Waals surface area contributed by atoms with Gasteiger partial charge in [0.25, 0.3) is 5.56 Å². The van der Waals surface area contributed by atoms with Crippen LogP contribution in [-0.4, -0.2) is 15.5 Å². The zero-order valence-corrected chi connectivity index (χ0v) is 12.7. The van der Waals surface area contributed by atoms with Crippen LogP contribution in [0.1, 0.15) is 12.0 Å². The van der Waals surface area contributed by atoms with Gasteiger partial charge >= 0.3 is 5.97 Å². The summed E-state index contributed by atoms with van der Waals surface area (Å²) in [6.07, 6.45) is 3.16. The number of ether oxygens (including phenoxy) is 1. The molecule has 5 heteroatoms. The molecule has 0 unspecified atom stereocenters. The lowest BCUT2D eigenvalue weighted by Crippen LogP contribution is -2.44. The molecule has 1 aromatic carbocycles. The van der Waals surface area contributed by atoms with Gasteiger partial charge in [0.15, 0.2) is 0 Å². The molecule has 0 aliphatic carbocycles. The van der Waals surface area contributed by atoms with E-state index in [-0.39, 0.29) is 17.9 Å². The Morgan fingerprint density at radius 2 is 2.00 bits per heavy atom. The lowest BCUT2D eigenvalue weighted by molar-refractivity contribution is -0.134. The van der Waals surface area contributed by atoms with Crippen molar-refractivity contribution in [3.05, 3.63) is 62.8 Å². The van der Waals surface area contributed by atoms with E-state index in [1.54, 1.807) is 10.6 Å². The minimum atomic E-state index is -0.361. The number of carbonyl (C=O) groups excluding carboxylic acids is 1. The molecule has 0 amide bonds. The lowest BCUT2D eigenvalue weighted by Gasteiger charge is -2.03. The van der Waals surface area contributed by atoms with Crippen LogP contribution in [0, 0.1) is 0 Å². The number of fused-ring (bicyclic) bond motifs is 5. The number of cyclic esters (lactones) is 1. The molecule has 0 radical (unpaired) electrons. The van der Waals surface area contributed by atoms with Crippen molar-refractivity contribution in [1.29, 1.82) is 0 Å². The molecule has 4 heterocycles. The average molecular weight is 316 g/mol. The van der Waals surface area contributed by atoms with Crippen molar-refractivity contribution < 1.29 is 9.53 Å². The highest BCUT2D eigenvalue weighted by atomic mass is 16.5. The van der Waals surface area contributed by atoms with Crippen LogP contribution in [0.2, 0.25) is 0 Å². The van der Waals surface area contributed by atoms with Crippen LogP contribution < -0.4 is 16.0 Å². The first-order valence-corrected chi connectivity index (χ1v) is 7.73. The second-order valence-corrected chi connectivity index (χ2v) is 5.99. The van der Waals surface area contributed by atoms with Crippen LogP contribution >= 0.6 is 0 Å². The van der Waals surface area contributed by atoms with Crippen molar-refractivity contribution >= 4 is 29.2 Å². The first-order chi connectivity index (χ1) is 11.7. The summed E-state index contributed by atoms with van der Waals surface area (Å²) in [6, 6.07) is 11.9. The second-order valence-electron chi connectivity index (χ2n) is 5.99. The Morgan fingerprint density at radius 1 is 1.12 bits per heavy atom. The van der Waals surface area contributed by atoms with E-state index in [1.165, 1.54) is 6.26 Å². The highest BCUT2D eigenvalue weighted by Crippen LogP contribution is 2.30. The summed E-state index contributed by atoms with van der Waals surface area (Å²) in [7, 11) is 0. The standard InChI is InChI=1S/C19H12N2O3/c22-17-6-5-11-8-16-18-13(7-12-3-1-2-4-15(12)20-18)9-21(16)19(23)14(11)10-24-17/h1-5,7-8,10H,6,9H2. The van der Waals surface area contributed by atoms with Crippen molar-refractivity contribution in [3.8, 4) is 11.4 Å². The predicted octanol–water partition coefficient (Wildman–Crippen LogP) is 0.891. The fourth-order valence-corrected chi connectivity index (χ4v) is 3.36. The third-order valence-electron chi connectivity index (χ3n) is 4.54. The molecule has 0 fully saturated rings. The number of para-hydroxylation sites is 1. The molecule has 0 atom stereocenters. The van der Waals surface area contributed by atoms with Crippen LogP contribution in [0.5, 0.6) is 0 Å². The van der Waals surface area contributed by atoms with Gasteiger partial charge in [0, 0.05) is 10.9 Å². The largest absolute Gasteiger partial charge is 0.433 e. The van der Waals surface area contributed by atoms with Gasteiger partial charge in [0.1, 0.15) is 6.26 Å². The summed E-state index contributed by atoms with van der Waals surface area (Å²) in [6.45, 7) is 0.483. The minimum absolute atomic E-state index is 0.157. The molecule has 0 N–H and O–H groups in total.